The number of ether oxygens (including phenoxy) is 1. The highest BCUT2D eigenvalue weighted by Crippen LogP contribution is 2.36. The molecular formula is C22H41NO. The molecule has 0 aromatic heterocycles. The lowest BCUT2D eigenvalue weighted by Gasteiger charge is -2.38. The van der Waals surface area contributed by atoms with E-state index in [1.807, 2.05) is 0 Å². The first-order valence-corrected chi connectivity index (χ1v) is 10.4. The lowest BCUT2D eigenvalue weighted by atomic mass is 9.75. The Balaban J connectivity index is 1.51. The van der Waals surface area contributed by atoms with Crippen LogP contribution in [0.2, 0.25) is 0 Å². The van der Waals surface area contributed by atoms with Crippen LogP contribution in [0.4, 0.5) is 0 Å². The zero-order valence-corrected chi connectivity index (χ0v) is 16.9. The molecule has 2 aliphatic rings. The van der Waals surface area contributed by atoms with E-state index in [4.69, 9.17) is 4.74 Å². The normalized spacial score (nSPS) is 30.8. The molecule has 0 saturated heterocycles. The van der Waals surface area contributed by atoms with Crippen LogP contribution < -0.4 is 0 Å². The lowest BCUT2D eigenvalue weighted by molar-refractivity contribution is 0.0118. The maximum absolute atomic E-state index is 6.15. The van der Waals surface area contributed by atoms with Gasteiger partial charge in [-0.1, -0.05) is 39.8 Å². The van der Waals surface area contributed by atoms with Crippen LogP contribution in [0.15, 0.2) is 12.2 Å². The van der Waals surface area contributed by atoms with Crippen LogP contribution >= 0.6 is 0 Å². The minimum atomic E-state index is 0.443. The first kappa shape index (κ1) is 20.0. The largest absolute Gasteiger partial charge is 0.378 e. The van der Waals surface area contributed by atoms with Crippen molar-refractivity contribution in [1.29, 1.82) is 0 Å². The molecule has 2 aliphatic carbocycles. The van der Waals surface area contributed by atoms with Gasteiger partial charge < -0.3 is 9.64 Å². The van der Waals surface area contributed by atoms with E-state index < -0.39 is 0 Å². The van der Waals surface area contributed by atoms with Crippen molar-refractivity contribution in [3.8, 4) is 0 Å². The van der Waals surface area contributed by atoms with Gasteiger partial charge in [0.05, 0.1) is 6.10 Å². The van der Waals surface area contributed by atoms with Crippen LogP contribution in [0.1, 0.15) is 79.1 Å². The van der Waals surface area contributed by atoms with Crippen LogP contribution in [-0.4, -0.2) is 37.2 Å². The van der Waals surface area contributed by atoms with Crippen molar-refractivity contribution >= 4 is 0 Å². The minimum Gasteiger partial charge on any atom is -0.378 e. The van der Waals surface area contributed by atoms with E-state index in [0.29, 0.717) is 23.4 Å². The third-order valence-corrected chi connectivity index (χ3v) is 6.35. The molecule has 0 aromatic rings. The number of nitrogens with zero attached hydrogens (tertiary/aromatic N) is 1. The SMILES string of the molecule is CC1C=CC(C)C(OCCCCCN(C)C2CCC(C)(C)CC2)C1. The summed E-state index contributed by atoms with van der Waals surface area (Å²) in [4.78, 5) is 2.62. The van der Waals surface area contributed by atoms with Gasteiger partial charge in [-0.05, 0) is 76.3 Å². The molecule has 0 aliphatic heterocycles. The van der Waals surface area contributed by atoms with Gasteiger partial charge in [0, 0.05) is 18.6 Å². The number of hydrogen-bond donors (Lipinski definition) is 0. The molecule has 0 amide bonds. The molecule has 1 saturated carbocycles. The molecule has 140 valence electrons. The van der Waals surface area contributed by atoms with Gasteiger partial charge in [0.2, 0.25) is 0 Å². The van der Waals surface area contributed by atoms with Gasteiger partial charge in [-0.15, -0.1) is 0 Å². The molecule has 3 unspecified atom stereocenters. The molecule has 0 radical (unpaired) electrons. The second-order valence-electron chi connectivity index (χ2n) is 9.30. The Labute approximate surface area is 151 Å². The van der Waals surface area contributed by atoms with Gasteiger partial charge >= 0.3 is 0 Å². The van der Waals surface area contributed by atoms with E-state index in [-0.39, 0.29) is 0 Å². The summed E-state index contributed by atoms with van der Waals surface area (Å²) in [5, 5.41) is 0. The van der Waals surface area contributed by atoms with Gasteiger partial charge in [0.25, 0.3) is 0 Å². The van der Waals surface area contributed by atoms with E-state index in [9.17, 15) is 0 Å². The monoisotopic (exact) mass is 335 g/mol. The van der Waals surface area contributed by atoms with Crippen molar-refractivity contribution < 1.29 is 4.74 Å². The molecule has 0 bridgehead atoms. The summed E-state index contributed by atoms with van der Waals surface area (Å²) in [6.45, 7) is 11.6. The summed E-state index contributed by atoms with van der Waals surface area (Å²) < 4.78 is 6.15. The Hall–Kier alpha value is -0.340. The molecule has 2 heteroatoms. The van der Waals surface area contributed by atoms with Gasteiger partial charge in [0.15, 0.2) is 0 Å². The molecule has 0 spiro atoms. The molecule has 2 nitrogen and oxygen atoms in total. The van der Waals surface area contributed by atoms with Crippen LogP contribution in [0, 0.1) is 17.3 Å². The van der Waals surface area contributed by atoms with Gasteiger partial charge in [-0.3, -0.25) is 0 Å². The Morgan fingerprint density at radius 1 is 1.04 bits per heavy atom. The first-order chi connectivity index (χ1) is 11.4. The van der Waals surface area contributed by atoms with Crippen LogP contribution in [0.3, 0.4) is 0 Å². The van der Waals surface area contributed by atoms with Crippen LogP contribution in [0.25, 0.3) is 0 Å². The van der Waals surface area contributed by atoms with E-state index in [1.165, 1.54) is 57.9 Å². The zero-order chi connectivity index (χ0) is 17.6. The van der Waals surface area contributed by atoms with Crippen LogP contribution in [0.5, 0.6) is 0 Å². The Morgan fingerprint density at radius 3 is 2.46 bits per heavy atom. The average molecular weight is 336 g/mol. The third-order valence-electron chi connectivity index (χ3n) is 6.35. The molecule has 1 fully saturated rings. The van der Waals surface area contributed by atoms with E-state index in [1.54, 1.807) is 0 Å². The molecule has 0 aromatic carbocycles. The van der Waals surface area contributed by atoms with Crippen molar-refractivity contribution in [2.75, 3.05) is 20.2 Å². The van der Waals surface area contributed by atoms with Crippen molar-refractivity contribution in [3.63, 3.8) is 0 Å². The zero-order valence-electron chi connectivity index (χ0n) is 16.9. The molecule has 0 N–H and O–H groups in total. The molecule has 0 heterocycles. The number of allylic oxidation sites excluding steroid dienone is 1. The second-order valence-corrected chi connectivity index (χ2v) is 9.30. The second kappa shape index (κ2) is 9.38. The van der Waals surface area contributed by atoms with Crippen molar-refractivity contribution in [2.45, 2.75) is 91.2 Å². The Kier molecular flexibility index (Phi) is 7.81. The fourth-order valence-electron chi connectivity index (χ4n) is 4.25. The summed E-state index contributed by atoms with van der Waals surface area (Å²) in [6.07, 6.45) is 15.7. The Bertz CT molecular complexity index is 379. The third kappa shape index (κ3) is 6.52. The number of unbranched alkanes of at least 4 members (excludes halogenated alkanes) is 2. The average Bonchev–Trinajstić information content (AvgIpc) is 2.53. The lowest BCUT2D eigenvalue weighted by Crippen LogP contribution is -2.37. The summed E-state index contributed by atoms with van der Waals surface area (Å²) in [7, 11) is 2.33. The standard InChI is InChI=1S/C22H41NO/c1-18-9-10-19(2)21(17-18)24-16-8-6-7-15-23(5)20-11-13-22(3,4)14-12-20/h9-10,18-21H,6-8,11-17H2,1-5H3. The highest BCUT2D eigenvalue weighted by molar-refractivity contribution is 4.99. The minimum absolute atomic E-state index is 0.443. The summed E-state index contributed by atoms with van der Waals surface area (Å²) >= 11 is 0. The van der Waals surface area contributed by atoms with Crippen molar-refractivity contribution in [1.82, 2.24) is 4.90 Å². The highest BCUT2D eigenvalue weighted by atomic mass is 16.5. The predicted molar refractivity (Wildman–Crippen MR) is 104 cm³/mol. The van der Waals surface area contributed by atoms with Gasteiger partial charge in [-0.25, -0.2) is 0 Å². The van der Waals surface area contributed by atoms with Crippen molar-refractivity contribution in [3.05, 3.63) is 12.2 Å². The summed E-state index contributed by atoms with van der Waals surface area (Å²) in [5.41, 5.74) is 0.581. The topological polar surface area (TPSA) is 12.5 Å². The first-order valence-electron chi connectivity index (χ1n) is 10.4. The number of hydrogen-bond acceptors (Lipinski definition) is 2. The van der Waals surface area contributed by atoms with Crippen LogP contribution in [-0.2, 0) is 4.74 Å². The van der Waals surface area contributed by atoms with E-state index in [2.05, 4.69) is 51.8 Å². The molecule has 2 rings (SSSR count). The highest BCUT2D eigenvalue weighted by Gasteiger charge is 2.28. The maximum atomic E-state index is 6.15. The fraction of sp³-hybridized carbons (Fsp3) is 0.909. The quantitative estimate of drug-likeness (QED) is 0.418. The molecule has 24 heavy (non-hydrogen) atoms. The smallest absolute Gasteiger partial charge is 0.0640 e. The Morgan fingerprint density at radius 2 is 1.75 bits per heavy atom. The van der Waals surface area contributed by atoms with E-state index in [0.717, 1.165) is 12.6 Å². The fourth-order valence-corrected chi connectivity index (χ4v) is 4.25. The number of rotatable bonds is 8. The maximum Gasteiger partial charge on any atom is 0.0640 e. The molecular weight excluding hydrogens is 294 g/mol. The summed E-state index contributed by atoms with van der Waals surface area (Å²) in [6, 6.07) is 0.825. The van der Waals surface area contributed by atoms with Crippen molar-refractivity contribution in [2.24, 2.45) is 17.3 Å². The predicted octanol–water partition coefficient (Wildman–Crippen LogP) is 5.67. The van der Waals surface area contributed by atoms with Gasteiger partial charge in [0.1, 0.15) is 0 Å². The van der Waals surface area contributed by atoms with E-state index >= 15 is 0 Å². The summed E-state index contributed by atoms with van der Waals surface area (Å²) in [5.74, 6) is 1.27. The molecule has 3 atom stereocenters. The van der Waals surface area contributed by atoms with Gasteiger partial charge in [-0.2, -0.15) is 0 Å².